The van der Waals surface area contributed by atoms with Gasteiger partial charge in [0.25, 0.3) is 0 Å². The maximum atomic E-state index is 13.0. The van der Waals surface area contributed by atoms with Crippen molar-refractivity contribution in [2.75, 3.05) is 33.8 Å². The lowest BCUT2D eigenvalue weighted by atomic mass is 10.1. The molecular formula is C16H24N2O3S. The molecule has 0 radical (unpaired) electrons. The van der Waals surface area contributed by atoms with Gasteiger partial charge in [0.05, 0.1) is 12.0 Å². The molecule has 0 bridgehead atoms. The summed E-state index contributed by atoms with van der Waals surface area (Å²) in [4.78, 5) is 2.65. The molecule has 5 nitrogen and oxygen atoms in total. The number of hydrogen-bond acceptors (Lipinski definition) is 4. The van der Waals surface area contributed by atoms with Gasteiger partial charge in [-0.05, 0) is 50.9 Å². The van der Waals surface area contributed by atoms with Crippen LogP contribution in [0.25, 0.3) is 0 Å². The molecule has 0 unspecified atom stereocenters. The Morgan fingerprint density at radius 2 is 1.91 bits per heavy atom. The summed E-state index contributed by atoms with van der Waals surface area (Å²) in [5.74, 6) is 1.09. The molecule has 0 N–H and O–H groups in total. The van der Waals surface area contributed by atoms with Crippen LogP contribution in [0.2, 0.25) is 0 Å². The van der Waals surface area contributed by atoms with Crippen molar-refractivity contribution < 1.29 is 13.2 Å². The van der Waals surface area contributed by atoms with Gasteiger partial charge in [-0.3, -0.25) is 0 Å². The van der Waals surface area contributed by atoms with E-state index in [0.717, 1.165) is 24.1 Å². The number of hydrogen-bond donors (Lipinski definition) is 0. The summed E-state index contributed by atoms with van der Waals surface area (Å²) in [5.41, 5.74) is 1.74. The first-order valence-electron chi connectivity index (χ1n) is 7.70. The molecule has 2 saturated heterocycles. The Hall–Kier alpha value is -1.11. The Morgan fingerprint density at radius 1 is 1.18 bits per heavy atom. The second kappa shape index (κ2) is 5.51. The number of likely N-dealkylation sites (N-methyl/N-ethyl adjacent to an activating group) is 1. The van der Waals surface area contributed by atoms with Gasteiger partial charge in [0, 0.05) is 25.2 Å². The van der Waals surface area contributed by atoms with Crippen molar-refractivity contribution in [1.82, 2.24) is 9.21 Å². The zero-order valence-electron chi connectivity index (χ0n) is 13.7. The first kappa shape index (κ1) is 15.8. The normalized spacial score (nSPS) is 26.4. The number of sulfonamides is 1. The number of rotatable bonds is 3. The highest BCUT2D eigenvalue weighted by molar-refractivity contribution is 7.89. The third-order valence-electron chi connectivity index (χ3n) is 5.10. The molecule has 2 heterocycles. The summed E-state index contributed by atoms with van der Waals surface area (Å²) < 4.78 is 33.0. The van der Waals surface area contributed by atoms with Crippen LogP contribution in [0.1, 0.15) is 17.5 Å². The number of aryl methyl sites for hydroxylation is 2. The lowest BCUT2D eigenvalue weighted by Gasteiger charge is -2.22. The molecule has 0 saturated carbocycles. The summed E-state index contributed by atoms with van der Waals surface area (Å²) >= 11 is 0. The monoisotopic (exact) mass is 324 g/mol. The smallest absolute Gasteiger partial charge is 0.243 e. The summed E-state index contributed by atoms with van der Waals surface area (Å²) in [5, 5.41) is 0. The first-order valence-corrected chi connectivity index (χ1v) is 9.14. The largest absolute Gasteiger partial charge is 0.496 e. The van der Waals surface area contributed by atoms with Gasteiger partial charge in [0.15, 0.2) is 0 Å². The van der Waals surface area contributed by atoms with E-state index in [4.69, 9.17) is 4.74 Å². The topological polar surface area (TPSA) is 49.9 Å². The molecule has 1 aromatic carbocycles. The zero-order chi connectivity index (χ0) is 16.1. The number of ether oxygens (including phenoxy) is 1. The van der Waals surface area contributed by atoms with Crippen LogP contribution >= 0.6 is 0 Å². The van der Waals surface area contributed by atoms with Crippen molar-refractivity contribution in [3.05, 3.63) is 23.3 Å². The molecule has 0 aromatic heterocycles. The Bertz CT molecular complexity index is 687. The molecule has 0 spiro atoms. The van der Waals surface area contributed by atoms with E-state index >= 15 is 0 Å². The van der Waals surface area contributed by atoms with Crippen LogP contribution in [0.4, 0.5) is 0 Å². The minimum atomic E-state index is -3.46. The highest BCUT2D eigenvalue weighted by Crippen LogP contribution is 2.35. The molecule has 122 valence electrons. The van der Waals surface area contributed by atoms with Gasteiger partial charge in [-0.2, -0.15) is 4.31 Å². The van der Waals surface area contributed by atoms with E-state index in [1.165, 1.54) is 0 Å². The van der Waals surface area contributed by atoms with E-state index < -0.39 is 10.0 Å². The van der Waals surface area contributed by atoms with Gasteiger partial charge < -0.3 is 9.64 Å². The van der Waals surface area contributed by atoms with Gasteiger partial charge in [-0.1, -0.05) is 6.07 Å². The van der Waals surface area contributed by atoms with Gasteiger partial charge in [0.1, 0.15) is 5.75 Å². The van der Waals surface area contributed by atoms with E-state index in [2.05, 4.69) is 11.9 Å². The average Bonchev–Trinajstić information content (AvgIpc) is 3.02. The van der Waals surface area contributed by atoms with Crippen LogP contribution < -0.4 is 4.74 Å². The molecule has 2 aliphatic heterocycles. The highest BCUT2D eigenvalue weighted by Gasteiger charge is 2.44. The Labute approximate surface area is 132 Å². The second-order valence-electron chi connectivity index (χ2n) is 6.51. The maximum Gasteiger partial charge on any atom is 0.243 e. The molecule has 0 aliphatic carbocycles. The standard InChI is InChI=1S/C16H24N2O3S/c1-11-7-12(2)16(8-15(11)21-4)22(19,20)18-9-13-5-6-17(3)14(13)10-18/h7-8,13-14H,5-6,9-10H2,1-4H3/t13-,14+/m1/s1. The third-order valence-corrected chi connectivity index (χ3v) is 7.08. The molecule has 22 heavy (non-hydrogen) atoms. The van der Waals surface area contributed by atoms with Crippen molar-refractivity contribution in [3.63, 3.8) is 0 Å². The summed E-state index contributed by atoms with van der Waals surface area (Å²) in [6.07, 6.45) is 1.09. The second-order valence-corrected chi connectivity index (χ2v) is 8.41. The van der Waals surface area contributed by atoms with Crippen LogP contribution in [-0.4, -0.2) is 57.5 Å². The number of fused-ring (bicyclic) bond motifs is 1. The predicted octanol–water partition coefficient (Wildman–Crippen LogP) is 1.64. The third kappa shape index (κ3) is 2.43. The van der Waals surface area contributed by atoms with Crippen molar-refractivity contribution in [3.8, 4) is 5.75 Å². The van der Waals surface area contributed by atoms with Crippen molar-refractivity contribution >= 4 is 10.0 Å². The lowest BCUT2D eigenvalue weighted by molar-refractivity contribution is 0.297. The van der Waals surface area contributed by atoms with Gasteiger partial charge in [-0.15, -0.1) is 0 Å². The number of benzene rings is 1. The van der Waals surface area contributed by atoms with Crippen molar-refractivity contribution in [1.29, 1.82) is 0 Å². The van der Waals surface area contributed by atoms with Crippen LogP contribution in [0.5, 0.6) is 5.75 Å². The van der Waals surface area contributed by atoms with Crippen LogP contribution in [0.15, 0.2) is 17.0 Å². The quantitative estimate of drug-likeness (QED) is 0.848. The van der Waals surface area contributed by atoms with E-state index in [9.17, 15) is 8.42 Å². The van der Waals surface area contributed by atoms with E-state index in [-0.39, 0.29) is 0 Å². The fourth-order valence-electron chi connectivity index (χ4n) is 3.78. The summed E-state index contributed by atoms with van der Waals surface area (Å²) in [6, 6.07) is 3.91. The van der Waals surface area contributed by atoms with E-state index in [1.807, 2.05) is 19.9 Å². The molecule has 0 amide bonds. The van der Waals surface area contributed by atoms with Crippen molar-refractivity contribution in [2.45, 2.75) is 31.2 Å². The fourth-order valence-corrected chi connectivity index (χ4v) is 5.52. The van der Waals surface area contributed by atoms with Crippen LogP contribution in [-0.2, 0) is 10.0 Å². The molecule has 1 aromatic rings. The van der Waals surface area contributed by atoms with Gasteiger partial charge in [-0.25, -0.2) is 8.42 Å². The minimum absolute atomic E-state index is 0.363. The van der Waals surface area contributed by atoms with Crippen LogP contribution in [0.3, 0.4) is 0 Å². The van der Waals surface area contributed by atoms with E-state index in [0.29, 0.717) is 35.7 Å². The SMILES string of the molecule is COc1cc(S(=O)(=O)N2C[C@H]3CCN(C)[C@H]3C2)c(C)cc1C. The zero-order valence-corrected chi connectivity index (χ0v) is 14.5. The molecule has 3 rings (SSSR count). The molecular weight excluding hydrogens is 300 g/mol. The molecule has 2 aliphatic rings. The number of likely N-dealkylation sites (tertiary alicyclic amines) is 1. The predicted molar refractivity (Wildman–Crippen MR) is 85.8 cm³/mol. The van der Waals surface area contributed by atoms with E-state index in [1.54, 1.807) is 17.5 Å². The molecule has 6 heteroatoms. The number of methoxy groups -OCH3 is 1. The minimum Gasteiger partial charge on any atom is -0.496 e. The van der Waals surface area contributed by atoms with Crippen molar-refractivity contribution in [2.24, 2.45) is 5.92 Å². The summed E-state index contributed by atoms with van der Waals surface area (Å²) in [7, 11) is 0.199. The molecule has 2 atom stereocenters. The fraction of sp³-hybridized carbons (Fsp3) is 0.625. The average molecular weight is 324 g/mol. The Morgan fingerprint density at radius 3 is 2.55 bits per heavy atom. The highest BCUT2D eigenvalue weighted by atomic mass is 32.2. The summed E-state index contributed by atoms with van der Waals surface area (Å²) in [6.45, 7) is 6.08. The Kier molecular flexibility index (Phi) is 3.95. The number of nitrogens with zero attached hydrogens (tertiary/aromatic N) is 2. The van der Waals surface area contributed by atoms with Gasteiger partial charge >= 0.3 is 0 Å². The van der Waals surface area contributed by atoms with Crippen LogP contribution in [0, 0.1) is 19.8 Å². The molecule has 2 fully saturated rings. The van der Waals surface area contributed by atoms with Gasteiger partial charge in [0.2, 0.25) is 10.0 Å². The maximum absolute atomic E-state index is 13.0. The Balaban J connectivity index is 1.94. The lowest BCUT2D eigenvalue weighted by Crippen LogP contribution is -2.35. The first-order chi connectivity index (χ1) is 10.3.